The average Bonchev–Trinajstić information content (AvgIpc) is 2.82. The summed E-state index contributed by atoms with van der Waals surface area (Å²) in [5.41, 5.74) is 2.00. The van der Waals surface area contributed by atoms with Gasteiger partial charge in [-0.15, -0.1) is 0 Å². The number of rotatable bonds is 3. The van der Waals surface area contributed by atoms with Crippen LogP contribution in [0, 0.1) is 18.3 Å². The zero-order chi connectivity index (χ0) is 13.3. The van der Waals surface area contributed by atoms with Gasteiger partial charge in [0.15, 0.2) is 5.16 Å². The summed E-state index contributed by atoms with van der Waals surface area (Å²) in [5.74, 6) is 0. The molecule has 0 spiro atoms. The maximum absolute atomic E-state index is 9.13. The van der Waals surface area contributed by atoms with E-state index >= 15 is 0 Å². The fourth-order valence-corrected chi connectivity index (χ4v) is 2.64. The van der Waals surface area contributed by atoms with Crippen LogP contribution in [-0.4, -0.2) is 24.4 Å². The molecular weight excluding hydrogens is 250 g/mol. The van der Waals surface area contributed by atoms with Crippen molar-refractivity contribution in [2.45, 2.75) is 23.7 Å². The molecule has 0 radical (unpaired) electrons. The van der Waals surface area contributed by atoms with Gasteiger partial charge in [-0.2, -0.15) is 10.4 Å². The summed E-state index contributed by atoms with van der Waals surface area (Å²) in [5, 5.41) is 23.9. The molecule has 0 aliphatic rings. The first-order chi connectivity index (χ1) is 8.58. The molecule has 1 N–H and O–H groups in total. The Hall–Kier alpha value is -1.78. The van der Waals surface area contributed by atoms with Crippen molar-refractivity contribution < 1.29 is 5.11 Å². The van der Waals surface area contributed by atoms with Gasteiger partial charge in [0.05, 0.1) is 24.2 Å². The van der Waals surface area contributed by atoms with Crippen molar-refractivity contribution >= 4 is 11.8 Å². The summed E-state index contributed by atoms with van der Waals surface area (Å²) in [7, 11) is 3.63. The Morgan fingerprint density at radius 1 is 1.50 bits per heavy atom. The van der Waals surface area contributed by atoms with Gasteiger partial charge in [-0.1, -0.05) is 0 Å². The Bertz CT molecular complexity index is 622. The summed E-state index contributed by atoms with van der Waals surface area (Å²) in [6, 6.07) is 2.15. The lowest BCUT2D eigenvalue weighted by Crippen LogP contribution is -1.99. The highest BCUT2D eigenvalue weighted by Gasteiger charge is 2.17. The van der Waals surface area contributed by atoms with Gasteiger partial charge in [-0.3, -0.25) is 4.68 Å². The van der Waals surface area contributed by atoms with Crippen LogP contribution in [0.15, 0.2) is 16.4 Å². The van der Waals surface area contributed by atoms with Crippen LogP contribution in [0.3, 0.4) is 0 Å². The Labute approximate surface area is 109 Å². The largest absolute Gasteiger partial charge is 0.390 e. The summed E-state index contributed by atoms with van der Waals surface area (Å²) < 4.78 is 3.47. The molecule has 0 aliphatic heterocycles. The van der Waals surface area contributed by atoms with Crippen LogP contribution < -0.4 is 0 Å². The minimum absolute atomic E-state index is 0.0560. The molecule has 0 aromatic carbocycles. The van der Waals surface area contributed by atoms with Crippen molar-refractivity contribution in [3.8, 4) is 6.07 Å². The van der Waals surface area contributed by atoms with E-state index in [-0.39, 0.29) is 6.61 Å². The number of hydrogen-bond acceptors (Lipinski definition) is 5. The average molecular weight is 263 g/mol. The van der Waals surface area contributed by atoms with E-state index in [2.05, 4.69) is 16.2 Å². The topological polar surface area (TPSA) is 79.7 Å². The number of nitrogens with zero attached hydrogens (tertiary/aromatic N) is 5. The predicted molar refractivity (Wildman–Crippen MR) is 65.9 cm³/mol. The molecule has 2 aromatic rings. The summed E-state index contributed by atoms with van der Waals surface area (Å²) in [6.45, 7) is 1.75. The molecule has 0 amide bonds. The number of aromatic nitrogens is 4. The zero-order valence-corrected chi connectivity index (χ0v) is 11.2. The maximum Gasteiger partial charge on any atom is 0.174 e. The highest BCUT2D eigenvalue weighted by molar-refractivity contribution is 7.99. The molecule has 0 atom stereocenters. The number of nitriles is 1. The number of aryl methyl sites for hydroxylation is 2. The van der Waals surface area contributed by atoms with Gasteiger partial charge in [0, 0.05) is 14.1 Å². The quantitative estimate of drug-likeness (QED) is 0.892. The van der Waals surface area contributed by atoms with Crippen LogP contribution in [0.2, 0.25) is 0 Å². The van der Waals surface area contributed by atoms with Gasteiger partial charge in [0.2, 0.25) is 0 Å². The monoisotopic (exact) mass is 263 g/mol. The normalized spacial score (nSPS) is 10.6. The van der Waals surface area contributed by atoms with E-state index in [1.807, 2.05) is 7.05 Å². The molecule has 0 saturated carbocycles. The lowest BCUT2D eigenvalue weighted by molar-refractivity contribution is 0.271. The molecule has 6 nitrogen and oxygen atoms in total. The third-order valence-electron chi connectivity index (χ3n) is 2.67. The molecule has 94 valence electrons. The lowest BCUT2D eigenvalue weighted by Gasteiger charge is -2.04. The maximum atomic E-state index is 9.13. The van der Waals surface area contributed by atoms with Gasteiger partial charge in [-0.25, -0.2) is 4.98 Å². The van der Waals surface area contributed by atoms with Gasteiger partial charge in [-0.05, 0) is 18.7 Å². The number of aliphatic hydroxyl groups excluding tert-OH is 1. The third kappa shape index (κ3) is 2.00. The number of imidazole rings is 1. The molecule has 2 aromatic heterocycles. The molecule has 2 heterocycles. The second kappa shape index (κ2) is 4.84. The fraction of sp³-hybridized carbons (Fsp3) is 0.364. The smallest absolute Gasteiger partial charge is 0.174 e. The van der Waals surface area contributed by atoms with Gasteiger partial charge >= 0.3 is 0 Å². The molecule has 18 heavy (non-hydrogen) atoms. The molecule has 0 unspecified atom stereocenters. The summed E-state index contributed by atoms with van der Waals surface area (Å²) in [6.07, 6.45) is 1.62. The van der Waals surface area contributed by atoms with E-state index in [9.17, 15) is 0 Å². The van der Waals surface area contributed by atoms with Crippen molar-refractivity contribution in [3.05, 3.63) is 23.1 Å². The molecule has 7 heteroatoms. The van der Waals surface area contributed by atoms with E-state index in [1.54, 1.807) is 29.4 Å². The third-order valence-corrected chi connectivity index (χ3v) is 3.90. The standard InChI is InChI=1S/C11H13N5OS/c1-7-9(4-12)10(16(3)14-7)18-11-13-5-8(6-17)15(11)2/h5,17H,6H2,1-3H3. The first kappa shape index (κ1) is 12.7. The molecule has 0 bridgehead atoms. The van der Waals surface area contributed by atoms with E-state index in [4.69, 9.17) is 10.4 Å². The van der Waals surface area contributed by atoms with Crippen LogP contribution in [0.4, 0.5) is 0 Å². The van der Waals surface area contributed by atoms with Crippen LogP contribution in [0.1, 0.15) is 17.0 Å². The fourth-order valence-electron chi connectivity index (χ4n) is 1.64. The molecule has 2 rings (SSSR count). The Morgan fingerprint density at radius 3 is 2.78 bits per heavy atom. The predicted octanol–water partition coefficient (Wildman–Crippen LogP) is 0.977. The number of hydrogen-bond donors (Lipinski definition) is 1. The Morgan fingerprint density at radius 2 is 2.22 bits per heavy atom. The second-order valence-electron chi connectivity index (χ2n) is 3.85. The van der Waals surface area contributed by atoms with E-state index < -0.39 is 0 Å². The van der Waals surface area contributed by atoms with E-state index in [0.29, 0.717) is 11.3 Å². The minimum Gasteiger partial charge on any atom is -0.390 e. The van der Waals surface area contributed by atoms with Gasteiger partial charge in [0.25, 0.3) is 0 Å². The van der Waals surface area contributed by atoms with Crippen LogP contribution in [0.25, 0.3) is 0 Å². The second-order valence-corrected chi connectivity index (χ2v) is 4.81. The first-order valence-electron chi connectivity index (χ1n) is 5.31. The lowest BCUT2D eigenvalue weighted by atomic mass is 10.3. The van der Waals surface area contributed by atoms with E-state index in [1.165, 1.54) is 11.8 Å². The highest BCUT2D eigenvalue weighted by Crippen LogP contribution is 2.30. The molecule has 0 saturated heterocycles. The zero-order valence-electron chi connectivity index (χ0n) is 10.4. The molecule has 0 fully saturated rings. The molecular formula is C11H13N5OS. The Balaban J connectivity index is 2.40. The van der Waals surface area contributed by atoms with Crippen molar-refractivity contribution in [2.75, 3.05) is 0 Å². The van der Waals surface area contributed by atoms with Gasteiger partial charge < -0.3 is 9.67 Å². The number of aliphatic hydroxyl groups is 1. The van der Waals surface area contributed by atoms with Crippen molar-refractivity contribution in [1.29, 1.82) is 5.26 Å². The Kier molecular flexibility index (Phi) is 3.41. The van der Waals surface area contributed by atoms with Crippen molar-refractivity contribution in [2.24, 2.45) is 14.1 Å². The van der Waals surface area contributed by atoms with Crippen LogP contribution in [-0.2, 0) is 20.7 Å². The van der Waals surface area contributed by atoms with Crippen molar-refractivity contribution in [1.82, 2.24) is 19.3 Å². The first-order valence-corrected chi connectivity index (χ1v) is 6.13. The van der Waals surface area contributed by atoms with E-state index in [0.717, 1.165) is 15.9 Å². The molecule has 0 aliphatic carbocycles. The highest BCUT2D eigenvalue weighted by atomic mass is 32.2. The van der Waals surface area contributed by atoms with Crippen LogP contribution >= 0.6 is 11.8 Å². The van der Waals surface area contributed by atoms with Crippen LogP contribution in [0.5, 0.6) is 0 Å². The van der Waals surface area contributed by atoms with Crippen molar-refractivity contribution in [3.63, 3.8) is 0 Å². The summed E-state index contributed by atoms with van der Waals surface area (Å²) >= 11 is 1.37. The summed E-state index contributed by atoms with van der Waals surface area (Å²) in [4.78, 5) is 4.22. The van der Waals surface area contributed by atoms with Gasteiger partial charge in [0.1, 0.15) is 16.7 Å². The SMILES string of the molecule is Cc1nn(C)c(Sc2ncc(CO)n2C)c1C#N. The minimum atomic E-state index is -0.0560.